The van der Waals surface area contributed by atoms with Crippen LogP contribution in [0.15, 0.2) is 36.5 Å². The number of carbonyl (C=O) groups is 1. The zero-order chi connectivity index (χ0) is 15.2. The van der Waals surface area contributed by atoms with Crippen LogP contribution in [0.4, 0.5) is 0 Å². The van der Waals surface area contributed by atoms with E-state index >= 15 is 0 Å². The molecule has 0 aliphatic carbocycles. The van der Waals surface area contributed by atoms with Crippen LogP contribution in [0.1, 0.15) is 25.8 Å². The molecule has 2 unspecified atom stereocenters. The summed E-state index contributed by atoms with van der Waals surface area (Å²) < 4.78 is 4.88. The predicted molar refractivity (Wildman–Crippen MR) is 83.8 cm³/mol. The number of benzene rings is 1. The van der Waals surface area contributed by atoms with Gasteiger partial charge in [-0.3, -0.25) is 9.78 Å². The summed E-state index contributed by atoms with van der Waals surface area (Å²) in [6.45, 7) is 4.76. The summed E-state index contributed by atoms with van der Waals surface area (Å²) in [5.41, 5.74) is 2.11. The molecule has 4 heteroatoms. The van der Waals surface area contributed by atoms with Gasteiger partial charge in [-0.2, -0.15) is 0 Å². The van der Waals surface area contributed by atoms with Crippen molar-refractivity contribution in [3.63, 3.8) is 0 Å². The molecule has 2 rings (SSSR count). The molecule has 4 nitrogen and oxygen atoms in total. The average molecular weight is 286 g/mol. The number of fused-ring (bicyclic) bond motifs is 1. The number of ether oxygens (including phenoxy) is 1. The maximum absolute atomic E-state index is 11.9. The molecule has 1 N–H and O–H groups in total. The van der Waals surface area contributed by atoms with Crippen LogP contribution in [0.5, 0.6) is 0 Å². The lowest BCUT2D eigenvalue weighted by atomic mass is 9.99. The number of pyridine rings is 1. The van der Waals surface area contributed by atoms with Crippen molar-refractivity contribution in [1.82, 2.24) is 10.3 Å². The van der Waals surface area contributed by atoms with Gasteiger partial charge in [0.1, 0.15) is 6.04 Å². The van der Waals surface area contributed by atoms with Gasteiger partial charge < -0.3 is 10.1 Å². The first kappa shape index (κ1) is 15.4. The highest BCUT2D eigenvalue weighted by molar-refractivity contribution is 5.79. The lowest BCUT2D eigenvalue weighted by Gasteiger charge is -2.22. The van der Waals surface area contributed by atoms with Crippen LogP contribution in [-0.2, 0) is 16.1 Å². The van der Waals surface area contributed by atoms with Crippen molar-refractivity contribution in [2.75, 3.05) is 7.11 Å². The van der Waals surface area contributed by atoms with E-state index in [1.165, 1.54) is 7.11 Å². The van der Waals surface area contributed by atoms with Gasteiger partial charge in [-0.1, -0.05) is 32.4 Å². The fraction of sp³-hybridized carbons (Fsp3) is 0.412. The number of aromatic nitrogens is 1. The van der Waals surface area contributed by atoms with Gasteiger partial charge in [0.2, 0.25) is 0 Å². The van der Waals surface area contributed by atoms with E-state index in [1.807, 2.05) is 24.3 Å². The van der Waals surface area contributed by atoms with Crippen molar-refractivity contribution in [2.45, 2.75) is 32.9 Å². The van der Waals surface area contributed by atoms with Crippen LogP contribution in [0.25, 0.3) is 10.9 Å². The first-order valence-corrected chi connectivity index (χ1v) is 7.30. The Labute approximate surface area is 125 Å². The highest BCUT2D eigenvalue weighted by Gasteiger charge is 2.24. The van der Waals surface area contributed by atoms with Gasteiger partial charge in [0.25, 0.3) is 0 Å². The second-order valence-corrected chi connectivity index (χ2v) is 5.30. The molecule has 2 aromatic rings. The van der Waals surface area contributed by atoms with Crippen molar-refractivity contribution in [3.8, 4) is 0 Å². The molecule has 112 valence electrons. The summed E-state index contributed by atoms with van der Waals surface area (Å²) >= 11 is 0. The van der Waals surface area contributed by atoms with Gasteiger partial charge in [-0.05, 0) is 29.7 Å². The summed E-state index contributed by atoms with van der Waals surface area (Å²) in [4.78, 5) is 16.2. The van der Waals surface area contributed by atoms with Crippen molar-refractivity contribution in [3.05, 3.63) is 42.1 Å². The first-order valence-electron chi connectivity index (χ1n) is 7.30. The third-order valence-corrected chi connectivity index (χ3v) is 3.86. The van der Waals surface area contributed by atoms with E-state index in [0.29, 0.717) is 6.54 Å². The van der Waals surface area contributed by atoms with E-state index in [1.54, 1.807) is 6.20 Å². The molecule has 0 amide bonds. The van der Waals surface area contributed by atoms with E-state index in [-0.39, 0.29) is 17.9 Å². The second-order valence-electron chi connectivity index (χ2n) is 5.30. The van der Waals surface area contributed by atoms with Gasteiger partial charge in [-0.15, -0.1) is 0 Å². The molecule has 1 aromatic heterocycles. The zero-order valence-electron chi connectivity index (χ0n) is 12.8. The van der Waals surface area contributed by atoms with Crippen LogP contribution in [-0.4, -0.2) is 24.1 Å². The number of nitrogens with one attached hydrogen (secondary N) is 1. The molecule has 2 atom stereocenters. The number of methoxy groups -OCH3 is 1. The van der Waals surface area contributed by atoms with Crippen molar-refractivity contribution in [1.29, 1.82) is 0 Å². The third kappa shape index (κ3) is 3.79. The van der Waals surface area contributed by atoms with E-state index in [9.17, 15) is 4.79 Å². The normalized spacial score (nSPS) is 13.9. The number of nitrogens with zero attached hydrogens (tertiary/aromatic N) is 1. The molecular weight excluding hydrogens is 264 g/mol. The number of hydrogen-bond acceptors (Lipinski definition) is 4. The Bertz CT molecular complexity index is 613. The maximum Gasteiger partial charge on any atom is 0.323 e. The number of rotatable bonds is 6. The summed E-state index contributed by atoms with van der Waals surface area (Å²) in [6, 6.07) is 9.83. The Morgan fingerprint density at radius 1 is 1.38 bits per heavy atom. The Morgan fingerprint density at radius 2 is 2.19 bits per heavy atom. The minimum Gasteiger partial charge on any atom is -0.468 e. The summed E-state index contributed by atoms with van der Waals surface area (Å²) in [6.07, 6.45) is 2.71. The first-order chi connectivity index (χ1) is 10.2. The smallest absolute Gasteiger partial charge is 0.323 e. The van der Waals surface area contributed by atoms with E-state index in [4.69, 9.17) is 4.74 Å². The molecule has 0 aliphatic heterocycles. The summed E-state index contributed by atoms with van der Waals surface area (Å²) in [5, 5.41) is 4.41. The van der Waals surface area contributed by atoms with Gasteiger partial charge in [0.15, 0.2) is 0 Å². The Balaban J connectivity index is 2.09. The monoisotopic (exact) mass is 286 g/mol. The molecule has 0 aliphatic rings. The Morgan fingerprint density at radius 3 is 2.90 bits per heavy atom. The molecule has 1 heterocycles. The van der Waals surface area contributed by atoms with Gasteiger partial charge >= 0.3 is 5.97 Å². The van der Waals surface area contributed by atoms with E-state index in [0.717, 1.165) is 22.9 Å². The minimum atomic E-state index is -0.274. The number of carbonyl (C=O) groups excluding carboxylic acids is 1. The average Bonchev–Trinajstić information content (AvgIpc) is 2.54. The topological polar surface area (TPSA) is 51.2 Å². The SMILES string of the molecule is CCC(C)C(NCc1ccc2ncccc2c1)C(=O)OC. The Kier molecular flexibility index (Phi) is 5.28. The number of esters is 1. The van der Waals surface area contributed by atoms with E-state index < -0.39 is 0 Å². The molecule has 0 radical (unpaired) electrons. The highest BCUT2D eigenvalue weighted by atomic mass is 16.5. The van der Waals surface area contributed by atoms with Crippen molar-refractivity contribution >= 4 is 16.9 Å². The van der Waals surface area contributed by atoms with E-state index in [2.05, 4.69) is 30.2 Å². The molecule has 0 fully saturated rings. The molecule has 1 aromatic carbocycles. The van der Waals surface area contributed by atoms with Crippen molar-refractivity contribution < 1.29 is 9.53 Å². The molecular formula is C17H22N2O2. The van der Waals surface area contributed by atoms with Crippen LogP contribution in [0.3, 0.4) is 0 Å². The molecule has 0 saturated carbocycles. The van der Waals surface area contributed by atoms with Crippen LogP contribution >= 0.6 is 0 Å². The van der Waals surface area contributed by atoms with Gasteiger partial charge in [-0.25, -0.2) is 0 Å². The predicted octanol–water partition coefficient (Wildman–Crippen LogP) is 2.91. The summed E-state index contributed by atoms with van der Waals surface area (Å²) in [5.74, 6) is 0.0337. The fourth-order valence-electron chi connectivity index (χ4n) is 2.34. The highest BCUT2D eigenvalue weighted by Crippen LogP contribution is 2.15. The molecule has 0 saturated heterocycles. The van der Waals surface area contributed by atoms with Gasteiger partial charge in [0, 0.05) is 18.1 Å². The largest absolute Gasteiger partial charge is 0.468 e. The molecule has 0 spiro atoms. The standard InChI is InChI=1S/C17H22N2O2/c1-4-12(2)16(17(20)21-3)19-11-13-7-8-15-14(10-13)6-5-9-18-15/h5-10,12,16,19H,4,11H2,1-3H3. The van der Waals surface area contributed by atoms with Crippen LogP contribution < -0.4 is 5.32 Å². The lowest BCUT2D eigenvalue weighted by molar-refractivity contribution is -0.144. The third-order valence-electron chi connectivity index (χ3n) is 3.86. The zero-order valence-corrected chi connectivity index (χ0v) is 12.8. The molecule has 0 bridgehead atoms. The van der Waals surface area contributed by atoms with Crippen LogP contribution in [0.2, 0.25) is 0 Å². The fourth-order valence-corrected chi connectivity index (χ4v) is 2.34. The quantitative estimate of drug-likeness (QED) is 0.830. The minimum absolute atomic E-state index is 0.202. The summed E-state index contributed by atoms with van der Waals surface area (Å²) in [7, 11) is 1.43. The van der Waals surface area contributed by atoms with Crippen molar-refractivity contribution in [2.24, 2.45) is 5.92 Å². The second kappa shape index (κ2) is 7.18. The Hall–Kier alpha value is -1.94. The maximum atomic E-state index is 11.9. The lowest BCUT2D eigenvalue weighted by Crippen LogP contribution is -2.42. The molecule has 21 heavy (non-hydrogen) atoms. The number of hydrogen-bond donors (Lipinski definition) is 1. The van der Waals surface area contributed by atoms with Crippen LogP contribution in [0, 0.1) is 5.92 Å². The van der Waals surface area contributed by atoms with Gasteiger partial charge in [0.05, 0.1) is 12.6 Å².